The summed E-state index contributed by atoms with van der Waals surface area (Å²) >= 11 is 0. The Balaban J connectivity index is 2.77. The maximum Gasteiger partial charge on any atom is 0.416 e. The quantitative estimate of drug-likeness (QED) is 0.897. The van der Waals surface area contributed by atoms with Gasteiger partial charge < -0.3 is 15.3 Å². The Labute approximate surface area is 121 Å². The van der Waals surface area contributed by atoms with Gasteiger partial charge in [0.15, 0.2) is 0 Å². The number of hydrogen-bond acceptors (Lipinski definition) is 2. The first-order valence-electron chi connectivity index (χ1n) is 6.49. The molecule has 0 bridgehead atoms. The minimum atomic E-state index is -4.46. The zero-order valence-electron chi connectivity index (χ0n) is 12.2. The number of hydrogen-bond donors (Lipinski definition) is 2. The number of aliphatic hydroxyl groups is 1. The van der Waals surface area contributed by atoms with Gasteiger partial charge in [-0.15, -0.1) is 0 Å². The van der Waals surface area contributed by atoms with Crippen molar-refractivity contribution >= 4 is 11.7 Å². The number of alkyl halides is 3. The number of amides is 2. The van der Waals surface area contributed by atoms with E-state index in [4.69, 9.17) is 5.11 Å². The van der Waals surface area contributed by atoms with E-state index >= 15 is 0 Å². The third-order valence-electron chi connectivity index (χ3n) is 3.02. The van der Waals surface area contributed by atoms with Crippen molar-refractivity contribution in [2.75, 3.05) is 18.9 Å². The highest BCUT2D eigenvalue weighted by Gasteiger charge is 2.32. The highest BCUT2D eigenvalue weighted by atomic mass is 19.4. The molecule has 0 aromatic heterocycles. The molecule has 0 aliphatic carbocycles. The van der Waals surface area contributed by atoms with Gasteiger partial charge >= 0.3 is 12.2 Å². The lowest BCUT2D eigenvalue weighted by Gasteiger charge is -2.19. The van der Waals surface area contributed by atoms with E-state index in [1.165, 1.54) is 31.0 Å². The van der Waals surface area contributed by atoms with Crippen molar-refractivity contribution in [2.45, 2.75) is 32.5 Å². The van der Waals surface area contributed by atoms with Gasteiger partial charge in [0.1, 0.15) is 0 Å². The van der Waals surface area contributed by atoms with Crippen molar-refractivity contribution in [1.82, 2.24) is 4.90 Å². The van der Waals surface area contributed by atoms with Gasteiger partial charge in [0, 0.05) is 19.3 Å². The summed E-state index contributed by atoms with van der Waals surface area (Å²) in [6.07, 6.45) is -4.61. The molecule has 4 nitrogen and oxygen atoms in total. The van der Waals surface area contributed by atoms with E-state index in [1.54, 1.807) is 6.92 Å². The van der Waals surface area contributed by atoms with Crippen LogP contribution in [0.1, 0.15) is 24.5 Å². The zero-order valence-corrected chi connectivity index (χ0v) is 12.2. The number of carbonyl (C=O) groups excluding carboxylic acids is 1. The van der Waals surface area contributed by atoms with Crippen LogP contribution in [0.3, 0.4) is 0 Å². The molecule has 0 spiro atoms. The van der Waals surface area contributed by atoms with Gasteiger partial charge in [-0.3, -0.25) is 0 Å². The first-order valence-corrected chi connectivity index (χ1v) is 6.49. The van der Waals surface area contributed by atoms with Crippen LogP contribution in [0.25, 0.3) is 0 Å². The van der Waals surface area contributed by atoms with Gasteiger partial charge in [-0.25, -0.2) is 4.79 Å². The molecule has 1 aromatic rings. The normalized spacial score (nSPS) is 12.9. The van der Waals surface area contributed by atoms with Gasteiger partial charge in [-0.2, -0.15) is 13.2 Å². The maximum absolute atomic E-state index is 12.8. The molecule has 2 N–H and O–H groups in total. The largest absolute Gasteiger partial charge is 0.416 e. The Kier molecular flexibility index (Phi) is 5.60. The molecule has 0 saturated heterocycles. The molecule has 118 valence electrons. The summed E-state index contributed by atoms with van der Waals surface area (Å²) in [7, 11) is 1.51. The fourth-order valence-electron chi connectivity index (χ4n) is 1.71. The van der Waals surface area contributed by atoms with Crippen LogP contribution in [0.2, 0.25) is 0 Å². The van der Waals surface area contributed by atoms with Crippen LogP contribution in [0.5, 0.6) is 0 Å². The highest BCUT2D eigenvalue weighted by Crippen LogP contribution is 2.33. The molecular weight excluding hydrogens is 285 g/mol. The molecule has 0 aliphatic heterocycles. The third kappa shape index (κ3) is 5.26. The SMILES string of the molecule is Cc1ccc(NC(=O)N(C)CCC(C)O)cc1C(F)(F)F. The van der Waals surface area contributed by atoms with E-state index in [-0.39, 0.29) is 11.3 Å². The van der Waals surface area contributed by atoms with Crippen LogP contribution in [0.4, 0.5) is 23.7 Å². The monoisotopic (exact) mass is 304 g/mol. The van der Waals surface area contributed by atoms with Crippen LogP contribution in [0, 0.1) is 6.92 Å². The van der Waals surface area contributed by atoms with Crippen LogP contribution < -0.4 is 5.32 Å². The van der Waals surface area contributed by atoms with Crippen molar-refractivity contribution in [3.05, 3.63) is 29.3 Å². The Hall–Kier alpha value is -1.76. The van der Waals surface area contributed by atoms with Crippen LogP contribution in [0.15, 0.2) is 18.2 Å². The van der Waals surface area contributed by atoms with E-state index in [0.717, 1.165) is 6.07 Å². The summed E-state index contributed by atoms with van der Waals surface area (Å²) in [4.78, 5) is 13.1. The number of aryl methyl sites for hydroxylation is 1. The van der Waals surface area contributed by atoms with Gasteiger partial charge in [0.2, 0.25) is 0 Å². The van der Waals surface area contributed by atoms with Crippen molar-refractivity contribution in [3.8, 4) is 0 Å². The average molecular weight is 304 g/mol. The molecule has 0 heterocycles. The second kappa shape index (κ2) is 6.80. The molecule has 7 heteroatoms. The highest BCUT2D eigenvalue weighted by molar-refractivity contribution is 5.89. The number of aliphatic hydroxyl groups excluding tert-OH is 1. The molecule has 0 saturated carbocycles. The average Bonchev–Trinajstić information content (AvgIpc) is 2.36. The number of carbonyl (C=O) groups is 1. The first kappa shape index (κ1) is 17.3. The van der Waals surface area contributed by atoms with Gasteiger partial charge in [0.25, 0.3) is 0 Å². The zero-order chi connectivity index (χ0) is 16.2. The topological polar surface area (TPSA) is 52.6 Å². The Morgan fingerprint density at radius 2 is 2.05 bits per heavy atom. The molecule has 0 aliphatic rings. The summed E-state index contributed by atoms with van der Waals surface area (Å²) in [6, 6.07) is 3.13. The second-order valence-corrected chi connectivity index (χ2v) is 5.02. The molecule has 1 aromatic carbocycles. The summed E-state index contributed by atoms with van der Waals surface area (Å²) in [5.41, 5.74) is -0.586. The molecule has 1 rings (SSSR count). The summed E-state index contributed by atoms with van der Waals surface area (Å²) in [5.74, 6) is 0. The fourth-order valence-corrected chi connectivity index (χ4v) is 1.71. The summed E-state index contributed by atoms with van der Waals surface area (Å²) < 4.78 is 38.4. The molecule has 1 atom stereocenters. The van der Waals surface area contributed by atoms with E-state index < -0.39 is 23.9 Å². The minimum Gasteiger partial charge on any atom is -0.393 e. The second-order valence-electron chi connectivity index (χ2n) is 5.02. The minimum absolute atomic E-state index is 0.0850. The molecule has 2 amide bonds. The predicted molar refractivity (Wildman–Crippen MR) is 74.1 cm³/mol. The third-order valence-corrected chi connectivity index (χ3v) is 3.02. The van der Waals surface area contributed by atoms with E-state index in [0.29, 0.717) is 13.0 Å². The lowest BCUT2D eigenvalue weighted by Crippen LogP contribution is -2.33. The van der Waals surface area contributed by atoms with Crippen molar-refractivity contribution in [2.24, 2.45) is 0 Å². The number of nitrogens with one attached hydrogen (secondary N) is 1. The number of rotatable bonds is 4. The molecular formula is C14H19F3N2O2. The van der Waals surface area contributed by atoms with Crippen LogP contribution >= 0.6 is 0 Å². The predicted octanol–water partition coefficient (Wildman–Crippen LogP) is 3.25. The molecule has 0 fully saturated rings. The molecule has 0 radical (unpaired) electrons. The Morgan fingerprint density at radius 1 is 1.43 bits per heavy atom. The Bertz CT molecular complexity index is 501. The standard InChI is InChI=1S/C14H19F3N2O2/c1-9-4-5-11(8-12(9)14(15,16)17)18-13(21)19(3)7-6-10(2)20/h4-5,8,10,20H,6-7H2,1-3H3,(H,18,21). The van der Waals surface area contributed by atoms with E-state index in [2.05, 4.69) is 5.32 Å². The summed E-state index contributed by atoms with van der Waals surface area (Å²) in [6.45, 7) is 3.27. The number of urea groups is 1. The van der Waals surface area contributed by atoms with E-state index in [1.807, 2.05) is 0 Å². The van der Waals surface area contributed by atoms with Crippen molar-refractivity contribution < 1.29 is 23.1 Å². The Morgan fingerprint density at radius 3 is 2.57 bits per heavy atom. The van der Waals surface area contributed by atoms with Gasteiger partial charge in [0.05, 0.1) is 11.7 Å². The van der Waals surface area contributed by atoms with Crippen molar-refractivity contribution in [3.63, 3.8) is 0 Å². The number of benzene rings is 1. The van der Waals surface area contributed by atoms with Crippen molar-refractivity contribution in [1.29, 1.82) is 0 Å². The molecule has 1 unspecified atom stereocenters. The fraction of sp³-hybridized carbons (Fsp3) is 0.500. The van der Waals surface area contributed by atoms with Gasteiger partial charge in [-0.05, 0) is 38.0 Å². The lowest BCUT2D eigenvalue weighted by molar-refractivity contribution is -0.138. The molecule has 21 heavy (non-hydrogen) atoms. The van der Waals surface area contributed by atoms with Crippen LogP contribution in [-0.2, 0) is 6.18 Å². The maximum atomic E-state index is 12.8. The number of nitrogens with zero attached hydrogens (tertiary/aromatic N) is 1. The summed E-state index contributed by atoms with van der Waals surface area (Å²) in [5, 5.41) is 11.6. The number of anilines is 1. The number of halogens is 3. The smallest absolute Gasteiger partial charge is 0.393 e. The van der Waals surface area contributed by atoms with E-state index in [9.17, 15) is 18.0 Å². The van der Waals surface area contributed by atoms with Crippen LogP contribution in [-0.4, -0.2) is 35.7 Å². The van der Waals surface area contributed by atoms with Gasteiger partial charge in [-0.1, -0.05) is 6.07 Å². The lowest BCUT2D eigenvalue weighted by atomic mass is 10.1. The first-order chi connectivity index (χ1) is 9.61.